The molecule has 0 spiro atoms. The van der Waals surface area contributed by atoms with Gasteiger partial charge in [0.1, 0.15) is 5.75 Å². The van der Waals surface area contributed by atoms with Crippen LogP contribution in [0.4, 0.5) is 5.69 Å². The minimum Gasteiger partial charge on any atom is -0.455 e. The van der Waals surface area contributed by atoms with E-state index in [1.165, 1.54) is 0 Å². The first-order chi connectivity index (χ1) is 11.7. The van der Waals surface area contributed by atoms with Crippen LogP contribution >= 0.6 is 15.9 Å². The van der Waals surface area contributed by atoms with Gasteiger partial charge in [-0.1, -0.05) is 64.5 Å². The number of nitrogens with one attached hydrogen (secondary N) is 1. The van der Waals surface area contributed by atoms with Crippen molar-refractivity contribution in [2.45, 2.75) is 6.42 Å². The fourth-order valence-electron chi connectivity index (χ4n) is 2.28. The Labute approximate surface area is 149 Å². The minimum atomic E-state index is -0.0917. The first kappa shape index (κ1) is 16.3. The fourth-order valence-corrected chi connectivity index (χ4v) is 2.71. The van der Waals surface area contributed by atoms with Crippen LogP contribution in [-0.2, 0) is 11.2 Å². The van der Waals surface area contributed by atoms with Gasteiger partial charge in [-0.3, -0.25) is 4.79 Å². The molecular weight excluding hydrogens is 366 g/mol. The molecule has 0 saturated carbocycles. The summed E-state index contributed by atoms with van der Waals surface area (Å²) in [7, 11) is 0. The summed E-state index contributed by atoms with van der Waals surface area (Å²) >= 11 is 3.46. The van der Waals surface area contributed by atoms with Crippen LogP contribution in [0.3, 0.4) is 0 Å². The lowest BCUT2D eigenvalue weighted by molar-refractivity contribution is -0.115. The molecule has 24 heavy (non-hydrogen) atoms. The van der Waals surface area contributed by atoms with E-state index >= 15 is 0 Å². The van der Waals surface area contributed by atoms with Gasteiger partial charge in [-0.2, -0.15) is 0 Å². The maximum Gasteiger partial charge on any atom is 0.228 e. The highest BCUT2D eigenvalue weighted by Crippen LogP contribution is 2.29. The van der Waals surface area contributed by atoms with Crippen LogP contribution in [0.25, 0.3) is 0 Å². The average molecular weight is 382 g/mol. The number of carbonyl (C=O) groups excluding carboxylic acids is 1. The quantitative estimate of drug-likeness (QED) is 0.640. The SMILES string of the molecule is O=C(Cc1ccccc1Br)Nc1ccccc1Oc1ccccc1. The Bertz CT molecular complexity index is 834. The Kier molecular flexibility index (Phi) is 5.29. The van der Waals surface area contributed by atoms with E-state index in [0.29, 0.717) is 17.9 Å². The van der Waals surface area contributed by atoms with Crippen LogP contribution in [0.1, 0.15) is 5.56 Å². The summed E-state index contributed by atoms with van der Waals surface area (Å²) in [5.41, 5.74) is 1.59. The lowest BCUT2D eigenvalue weighted by atomic mass is 10.1. The molecule has 3 rings (SSSR count). The molecule has 0 heterocycles. The number of benzene rings is 3. The molecule has 1 amide bonds. The summed E-state index contributed by atoms with van der Waals surface area (Å²) in [5, 5.41) is 2.92. The van der Waals surface area contributed by atoms with E-state index in [1.54, 1.807) is 0 Å². The maximum absolute atomic E-state index is 12.4. The largest absolute Gasteiger partial charge is 0.455 e. The van der Waals surface area contributed by atoms with Gasteiger partial charge in [0.05, 0.1) is 12.1 Å². The predicted octanol–water partition coefficient (Wildman–Crippen LogP) is 5.42. The molecule has 3 aromatic rings. The van der Waals surface area contributed by atoms with E-state index in [4.69, 9.17) is 4.74 Å². The van der Waals surface area contributed by atoms with Gasteiger partial charge in [0.2, 0.25) is 5.91 Å². The van der Waals surface area contributed by atoms with E-state index in [2.05, 4.69) is 21.2 Å². The molecule has 3 aromatic carbocycles. The molecule has 120 valence electrons. The smallest absolute Gasteiger partial charge is 0.228 e. The molecule has 0 radical (unpaired) electrons. The highest BCUT2D eigenvalue weighted by Gasteiger charge is 2.10. The monoisotopic (exact) mass is 381 g/mol. The van der Waals surface area contributed by atoms with Gasteiger partial charge in [-0.25, -0.2) is 0 Å². The molecule has 0 aliphatic rings. The summed E-state index contributed by atoms with van der Waals surface area (Å²) in [6, 6.07) is 24.6. The second kappa shape index (κ2) is 7.79. The molecule has 0 aliphatic heterocycles. The van der Waals surface area contributed by atoms with Crippen molar-refractivity contribution < 1.29 is 9.53 Å². The number of amides is 1. The number of hydrogen-bond acceptors (Lipinski definition) is 2. The predicted molar refractivity (Wildman–Crippen MR) is 99.4 cm³/mol. The van der Waals surface area contributed by atoms with Crippen molar-refractivity contribution in [1.29, 1.82) is 0 Å². The van der Waals surface area contributed by atoms with Gasteiger partial charge in [0, 0.05) is 4.47 Å². The third-order valence-corrected chi connectivity index (χ3v) is 4.21. The third-order valence-electron chi connectivity index (χ3n) is 3.44. The summed E-state index contributed by atoms with van der Waals surface area (Å²) in [6.45, 7) is 0. The zero-order valence-electron chi connectivity index (χ0n) is 12.9. The number of halogens is 1. The fraction of sp³-hybridized carbons (Fsp3) is 0.0500. The van der Waals surface area contributed by atoms with E-state index in [1.807, 2.05) is 78.9 Å². The lowest BCUT2D eigenvalue weighted by Gasteiger charge is -2.12. The van der Waals surface area contributed by atoms with Gasteiger partial charge < -0.3 is 10.1 Å². The number of rotatable bonds is 5. The molecule has 3 nitrogen and oxygen atoms in total. The van der Waals surface area contributed by atoms with E-state index in [9.17, 15) is 4.79 Å². The minimum absolute atomic E-state index is 0.0917. The normalized spacial score (nSPS) is 10.2. The molecule has 0 bridgehead atoms. The van der Waals surface area contributed by atoms with Gasteiger partial charge >= 0.3 is 0 Å². The van der Waals surface area contributed by atoms with Gasteiger partial charge in [0.25, 0.3) is 0 Å². The second-order valence-electron chi connectivity index (χ2n) is 5.23. The Morgan fingerprint density at radius 3 is 2.33 bits per heavy atom. The van der Waals surface area contributed by atoms with Gasteiger partial charge in [-0.15, -0.1) is 0 Å². The topological polar surface area (TPSA) is 38.3 Å². The molecular formula is C20H16BrNO2. The molecule has 0 aromatic heterocycles. The standard InChI is InChI=1S/C20H16BrNO2/c21-17-11-5-4-8-15(17)14-20(23)22-18-12-6-7-13-19(18)24-16-9-2-1-3-10-16/h1-13H,14H2,(H,22,23). The highest BCUT2D eigenvalue weighted by atomic mass is 79.9. The maximum atomic E-state index is 12.4. The van der Waals surface area contributed by atoms with Crippen molar-refractivity contribution in [3.63, 3.8) is 0 Å². The van der Waals surface area contributed by atoms with Crippen molar-refractivity contribution >= 4 is 27.5 Å². The van der Waals surface area contributed by atoms with Crippen LogP contribution in [0.5, 0.6) is 11.5 Å². The number of anilines is 1. The summed E-state index contributed by atoms with van der Waals surface area (Å²) in [5.74, 6) is 1.25. The van der Waals surface area contributed by atoms with Crippen LogP contribution < -0.4 is 10.1 Å². The third kappa shape index (κ3) is 4.24. The molecule has 0 atom stereocenters. The Morgan fingerprint density at radius 2 is 1.54 bits per heavy atom. The summed E-state index contributed by atoms with van der Waals surface area (Å²) in [4.78, 5) is 12.4. The molecule has 0 aliphatic carbocycles. The van der Waals surface area contributed by atoms with Gasteiger partial charge in [0.15, 0.2) is 5.75 Å². The first-order valence-electron chi connectivity index (χ1n) is 7.57. The van der Waals surface area contributed by atoms with Crippen molar-refractivity contribution in [2.75, 3.05) is 5.32 Å². The average Bonchev–Trinajstić information content (AvgIpc) is 2.60. The van der Waals surface area contributed by atoms with E-state index < -0.39 is 0 Å². The zero-order chi connectivity index (χ0) is 16.8. The number of hydrogen-bond donors (Lipinski definition) is 1. The molecule has 4 heteroatoms. The highest BCUT2D eigenvalue weighted by molar-refractivity contribution is 9.10. The van der Waals surface area contributed by atoms with E-state index in [-0.39, 0.29) is 5.91 Å². The van der Waals surface area contributed by atoms with Gasteiger partial charge in [-0.05, 0) is 35.9 Å². The zero-order valence-corrected chi connectivity index (χ0v) is 14.5. The number of ether oxygens (including phenoxy) is 1. The van der Waals surface area contributed by atoms with Crippen molar-refractivity contribution in [1.82, 2.24) is 0 Å². The summed E-state index contributed by atoms with van der Waals surface area (Å²) in [6.07, 6.45) is 0.293. The van der Waals surface area contributed by atoms with Crippen molar-refractivity contribution in [3.8, 4) is 11.5 Å². The molecule has 0 fully saturated rings. The van der Waals surface area contributed by atoms with Crippen LogP contribution in [0.15, 0.2) is 83.3 Å². The first-order valence-corrected chi connectivity index (χ1v) is 8.37. The van der Waals surface area contributed by atoms with E-state index in [0.717, 1.165) is 15.8 Å². The molecule has 1 N–H and O–H groups in total. The van der Waals surface area contributed by atoms with Crippen molar-refractivity contribution in [2.24, 2.45) is 0 Å². The lowest BCUT2D eigenvalue weighted by Crippen LogP contribution is -2.15. The van der Waals surface area contributed by atoms with Crippen LogP contribution in [0.2, 0.25) is 0 Å². The molecule has 0 unspecified atom stereocenters. The number of carbonyl (C=O) groups is 1. The van der Waals surface area contributed by atoms with Crippen LogP contribution in [-0.4, -0.2) is 5.91 Å². The second-order valence-corrected chi connectivity index (χ2v) is 6.08. The Morgan fingerprint density at radius 1 is 0.875 bits per heavy atom. The van der Waals surface area contributed by atoms with Crippen molar-refractivity contribution in [3.05, 3.63) is 88.9 Å². The Balaban J connectivity index is 1.73. The Hall–Kier alpha value is -2.59. The number of para-hydroxylation sites is 3. The van der Waals surface area contributed by atoms with Crippen LogP contribution in [0, 0.1) is 0 Å². The molecule has 0 saturated heterocycles. The summed E-state index contributed by atoms with van der Waals surface area (Å²) < 4.78 is 6.79.